The van der Waals surface area contributed by atoms with Gasteiger partial charge in [-0.3, -0.25) is 0 Å². The first kappa shape index (κ1) is 13.2. The van der Waals surface area contributed by atoms with E-state index in [1.165, 1.54) is 23.3 Å². The Morgan fingerprint density at radius 1 is 1.41 bits per heavy atom. The van der Waals surface area contributed by atoms with E-state index in [-0.39, 0.29) is 0 Å². The lowest BCUT2D eigenvalue weighted by molar-refractivity contribution is 0.843. The summed E-state index contributed by atoms with van der Waals surface area (Å²) in [5, 5.41) is 4.43. The van der Waals surface area contributed by atoms with Gasteiger partial charge in [-0.05, 0) is 43.0 Å². The predicted octanol–water partition coefficient (Wildman–Crippen LogP) is 4.61. The molecule has 1 aromatic heterocycles. The Morgan fingerprint density at radius 2 is 2.29 bits per heavy atom. The highest BCUT2D eigenvalue weighted by Gasteiger charge is 2.03. The van der Waals surface area contributed by atoms with Crippen molar-refractivity contribution >= 4 is 54.4 Å². The van der Waals surface area contributed by atoms with Crippen molar-refractivity contribution in [2.24, 2.45) is 0 Å². The number of unbranched alkanes of at least 4 members (excludes halogenated alkanes) is 1. The van der Waals surface area contributed by atoms with Crippen LogP contribution in [-0.2, 0) is 0 Å². The summed E-state index contributed by atoms with van der Waals surface area (Å²) in [5.41, 5.74) is 1.07. The normalized spacial score (nSPS) is 10.9. The van der Waals surface area contributed by atoms with Crippen molar-refractivity contribution in [2.45, 2.75) is 12.8 Å². The van der Waals surface area contributed by atoms with E-state index in [0.717, 1.165) is 21.7 Å². The summed E-state index contributed by atoms with van der Waals surface area (Å²) in [6, 6.07) is 6.20. The molecule has 0 unspecified atom stereocenters. The van der Waals surface area contributed by atoms with Crippen LogP contribution in [0.3, 0.4) is 0 Å². The summed E-state index contributed by atoms with van der Waals surface area (Å²) in [4.78, 5) is 4.55. The van der Waals surface area contributed by atoms with E-state index in [1.807, 2.05) is 17.8 Å². The number of fused-ring (bicyclic) bond motifs is 1. The van der Waals surface area contributed by atoms with E-state index in [9.17, 15) is 0 Å². The summed E-state index contributed by atoms with van der Waals surface area (Å²) in [7, 11) is 0. The van der Waals surface area contributed by atoms with E-state index in [4.69, 9.17) is 0 Å². The first-order chi connectivity index (χ1) is 8.29. The molecule has 0 aliphatic rings. The second-order valence-electron chi connectivity index (χ2n) is 3.76. The minimum absolute atomic E-state index is 1.02. The molecule has 0 atom stereocenters. The molecule has 2 rings (SSSR count). The second kappa shape index (κ2) is 6.61. The number of thiazole rings is 1. The first-order valence-corrected chi connectivity index (χ1v) is 8.59. The topological polar surface area (TPSA) is 24.9 Å². The molecule has 0 fully saturated rings. The molecule has 2 nitrogen and oxygen atoms in total. The minimum atomic E-state index is 1.02. The molecule has 1 heterocycles. The smallest absolute Gasteiger partial charge is 0.183 e. The average Bonchev–Trinajstić information content (AvgIpc) is 2.70. The fourth-order valence-corrected chi connectivity index (χ4v) is 3.48. The Labute approximate surface area is 118 Å². The number of nitrogens with zero attached hydrogens (tertiary/aromatic N) is 1. The lowest BCUT2D eigenvalue weighted by Crippen LogP contribution is -2.01. The third-order valence-corrected chi connectivity index (χ3v) is 4.57. The van der Waals surface area contributed by atoms with E-state index in [1.54, 1.807) is 11.3 Å². The standard InChI is InChI=1S/C12H15BrN2S2/c1-16-7-3-2-6-14-12-15-10-5-4-9(13)8-11(10)17-12/h4-5,8H,2-3,6-7H2,1H3,(H,14,15). The van der Waals surface area contributed by atoms with Crippen molar-refractivity contribution in [3.8, 4) is 0 Å². The molecule has 0 amide bonds. The molecule has 5 heteroatoms. The Kier molecular flexibility index (Phi) is 5.13. The summed E-state index contributed by atoms with van der Waals surface area (Å²) < 4.78 is 2.34. The predicted molar refractivity (Wildman–Crippen MR) is 83.4 cm³/mol. The Balaban J connectivity index is 1.91. The molecule has 2 aromatic rings. The van der Waals surface area contributed by atoms with Crippen LogP contribution in [0.2, 0.25) is 0 Å². The van der Waals surface area contributed by atoms with Gasteiger partial charge in [-0.15, -0.1) is 0 Å². The highest BCUT2D eigenvalue weighted by atomic mass is 79.9. The number of rotatable bonds is 6. The number of aromatic nitrogens is 1. The molecule has 0 spiro atoms. The molecule has 0 bridgehead atoms. The van der Waals surface area contributed by atoms with Crippen LogP contribution in [0, 0.1) is 0 Å². The van der Waals surface area contributed by atoms with Crippen molar-refractivity contribution in [3.05, 3.63) is 22.7 Å². The van der Waals surface area contributed by atoms with Crippen LogP contribution in [-0.4, -0.2) is 23.5 Å². The number of anilines is 1. The van der Waals surface area contributed by atoms with Crippen LogP contribution in [0.5, 0.6) is 0 Å². The van der Waals surface area contributed by atoms with Crippen molar-refractivity contribution < 1.29 is 0 Å². The fourth-order valence-electron chi connectivity index (χ4n) is 1.54. The van der Waals surface area contributed by atoms with Crippen molar-refractivity contribution in [3.63, 3.8) is 0 Å². The molecule has 17 heavy (non-hydrogen) atoms. The van der Waals surface area contributed by atoms with Crippen molar-refractivity contribution in [2.75, 3.05) is 23.9 Å². The van der Waals surface area contributed by atoms with Crippen LogP contribution in [0.25, 0.3) is 10.2 Å². The van der Waals surface area contributed by atoms with Gasteiger partial charge < -0.3 is 5.32 Å². The van der Waals surface area contributed by atoms with Gasteiger partial charge >= 0.3 is 0 Å². The van der Waals surface area contributed by atoms with Crippen LogP contribution >= 0.6 is 39.0 Å². The molecule has 1 N–H and O–H groups in total. The summed E-state index contributed by atoms with van der Waals surface area (Å²) in [5.74, 6) is 1.24. The maximum atomic E-state index is 4.55. The third kappa shape index (κ3) is 3.86. The first-order valence-electron chi connectivity index (χ1n) is 5.58. The Bertz CT molecular complexity index is 484. The van der Waals surface area contributed by atoms with Gasteiger partial charge in [0.15, 0.2) is 5.13 Å². The highest BCUT2D eigenvalue weighted by molar-refractivity contribution is 9.10. The molecule has 0 saturated carbocycles. The van der Waals surface area contributed by atoms with E-state index in [0.29, 0.717) is 0 Å². The maximum absolute atomic E-state index is 4.55. The summed E-state index contributed by atoms with van der Waals surface area (Å²) >= 11 is 7.10. The van der Waals surface area contributed by atoms with Gasteiger partial charge in [-0.25, -0.2) is 4.98 Å². The monoisotopic (exact) mass is 330 g/mol. The highest BCUT2D eigenvalue weighted by Crippen LogP contribution is 2.28. The number of benzene rings is 1. The van der Waals surface area contributed by atoms with Crippen LogP contribution in [0.1, 0.15) is 12.8 Å². The molecule has 92 valence electrons. The zero-order valence-electron chi connectivity index (χ0n) is 9.70. The largest absolute Gasteiger partial charge is 0.361 e. The van der Waals surface area contributed by atoms with Crippen LogP contribution < -0.4 is 5.32 Å². The summed E-state index contributed by atoms with van der Waals surface area (Å²) in [6.07, 6.45) is 4.63. The van der Waals surface area contributed by atoms with Crippen molar-refractivity contribution in [1.29, 1.82) is 0 Å². The zero-order chi connectivity index (χ0) is 12.1. The number of thioether (sulfide) groups is 1. The zero-order valence-corrected chi connectivity index (χ0v) is 12.9. The lowest BCUT2D eigenvalue weighted by Gasteiger charge is -2.00. The minimum Gasteiger partial charge on any atom is -0.361 e. The quantitative estimate of drug-likeness (QED) is 0.782. The van der Waals surface area contributed by atoms with E-state index in [2.05, 4.69) is 44.6 Å². The van der Waals surface area contributed by atoms with Gasteiger partial charge in [0, 0.05) is 11.0 Å². The number of hydrogen-bond donors (Lipinski definition) is 1. The Morgan fingerprint density at radius 3 is 3.12 bits per heavy atom. The average molecular weight is 331 g/mol. The SMILES string of the molecule is CSCCCCNc1nc2ccc(Br)cc2s1. The second-order valence-corrected chi connectivity index (χ2v) is 6.69. The van der Waals surface area contributed by atoms with E-state index < -0.39 is 0 Å². The molecular formula is C12H15BrN2S2. The van der Waals surface area contributed by atoms with Gasteiger partial charge in [0.2, 0.25) is 0 Å². The molecule has 1 aromatic carbocycles. The number of nitrogens with one attached hydrogen (secondary N) is 1. The Hall–Kier alpha value is -0.260. The third-order valence-electron chi connectivity index (χ3n) is 2.40. The molecule has 0 aliphatic carbocycles. The van der Waals surface area contributed by atoms with Gasteiger partial charge in [0.05, 0.1) is 10.2 Å². The fraction of sp³-hybridized carbons (Fsp3) is 0.417. The maximum Gasteiger partial charge on any atom is 0.183 e. The molecular weight excluding hydrogens is 316 g/mol. The van der Waals surface area contributed by atoms with Gasteiger partial charge in [-0.1, -0.05) is 27.3 Å². The number of halogens is 1. The lowest BCUT2D eigenvalue weighted by atomic mass is 10.3. The van der Waals surface area contributed by atoms with Crippen LogP contribution in [0.15, 0.2) is 22.7 Å². The van der Waals surface area contributed by atoms with Gasteiger partial charge in [0.25, 0.3) is 0 Å². The van der Waals surface area contributed by atoms with Crippen LogP contribution in [0.4, 0.5) is 5.13 Å². The molecule has 0 aliphatic heterocycles. The van der Waals surface area contributed by atoms with Gasteiger partial charge in [0.1, 0.15) is 0 Å². The van der Waals surface area contributed by atoms with Gasteiger partial charge in [-0.2, -0.15) is 11.8 Å². The number of hydrogen-bond acceptors (Lipinski definition) is 4. The summed E-state index contributed by atoms with van der Waals surface area (Å²) in [6.45, 7) is 1.02. The molecule has 0 radical (unpaired) electrons. The van der Waals surface area contributed by atoms with E-state index >= 15 is 0 Å². The van der Waals surface area contributed by atoms with Crippen molar-refractivity contribution in [1.82, 2.24) is 4.98 Å². The molecule has 0 saturated heterocycles.